The summed E-state index contributed by atoms with van der Waals surface area (Å²) in [4.78, 5) is 7.19. The second kappa shape index (κ2) is 4.82. The Kier molecular flexibility index (Phi) is 3.15. The van der Waals surface area contributed by atoms with E-state index in [1.165, 1.54) is 22.1 Å². The van der Waals surface area contributed by atoms with Gasteiger partial charge in [-0.15, -0.1) is 0 Å². The molecular formula is C16H20N2O. The predicted molar refractivity (Wildman–Crippen MR) is 79.0 cm³/mol. The molecule has 0 spiro atoms. The quantitative estimate of drug-likeness (QED) is 0.784. The number of benzene rings is 1. The standard InChI is InChI=1S/C16H20N2O/c1-11-8-13(3)16-14(9-11)12(2)10-15(17-16)18-4-6-19-7-5-18/h8-10H,4-7H2,1-3H3. The molecule has 1 aromatic heterocycles. The number of fused-ring (bicyclic) bond motifs is 1. The first-order valence-corrected chi connectivity index (χ1v) is 6.86. The molecule has 3 rings (SSSR count). The number of hydrogen-bond acceptors (Lipinski definition) is 3. The van der Waals surface area contributed by atoms with Crippen molar-refractivity contribution in [2.45, 2.75) is 20.8 Å². The lowest BCUT2D eigenvalue weighted by molar-refractivity contribution is 0.122. The number of anilines is 1. The van der Waals surface area contributed by atoms with E-state index in [9.17, 15) is 0 Å². The molecule has 3 heteroatoms. The molecule has 0 bridgehead atoms. The van der Waals surface area contributed by atoms with Gasteiger partial charge in [0.05, 0.1) is 18.7 Å². The summed E-state index contributed by atoms with van der Waals surface area (Å²) < 4.78 is 5.41. The fraction of sp³-hybridized carbons (Fsp3) is 0.438. The molecule has 2 aromatic rings. The van der Waals surface area contributed by atoms with Crippen LogP contribution in [0.3, 0.4) is 0 Å². The van der Waals surface area contributed by atoms with Crippen LogP contribution in [0.1, 0.15) is 16.7 Å². The fourth-order valence-corrected chi connectivity index (χ4v) is 2.78. The maximum Gasteiger partial charge on any atom is 0.129 e. The van der Waals surface area contributed by atoms with Crippen molar-refractivity contribution in [1.29, 1.82) is 0 Å². The number of nitrogens with zero attached hydrogens (tertiary/aromatic N) is 2. The summed E-state index contributed by atoms with van der Waals surface area (Å²) in [5.74, 6) is 1.08. The smallest absolute Gasteiger partial charge is 0.129 e. The SMILES string of the molecule is Cc1cc(C)c2nc(N3CCOCC3)cc(C)c2c1. The fourth-order valence-electron chi connectivity index (χ4n) is 2.78. The van der Waals surface area contributed by atoms with Crippen molar-refractivity contribution in [2.75, 3.05) is 31.2 Å². The molecule has 0 aliphatic carbocycles. The molecule has 2 heterocycles. The van der Waals surface area contributed by atoms with Crippen LogP contribution >= 0.6 is 0 Å². The first-order chi connectivity index (χ1) is 9.15. The molecule has 0 N–H and O–H groups in total. The van der Waals surface area contributed by atoms with Crippen LogP contribution < -0.4 is 4.90 Å². The number of rotatable bonds is 1. The lowest BCUT2D eigenvalue weighted by Crippen LogP contribution is -2.36. The molecule has 0 radical (unpaired) electrons. The van der Waals surface area contributed by atoms with Crippen LogP contribution in [0.4, 0.5) is 5.82 Å². The van der Waals surface area contributed by atoms with Crippen molar-refractivity contribution >= 4 is 16.7 Å². The third-order valence-electron chi connectivity index (χ3n) is 3.78. The summed E-state index contributed by atoms with van der Waals surface area (Å²) in [5.41, 5.74) is 4.99. The molecule has 100 valence electrons. The average molecular weight is 256 g/mol. The van der Waals surface area contributed by atoms with Gasteiger partial charge in [0.2, 0.25) is 0 Å². The molecule has 0 amide bonds. The molecule has 1 aliphatic heterocycles. The Labute approximate surface area is 114 Å². The lowest BCUT2D eigenvalue weighted by Gasteiger charge is -2.28. The van der Waals surface area contributed by atoms with Crippen LogP contribution in [0.5, 0.6) is 0 Å². The van der Waals surface area contributed by atoms with Gasteiger partial charge in [0.25, 0.3) is 0 Å². The zero-order chi connectivity index (χ0) is 13.4. The number of morpholine rings is 1. The normalized spacial score (nSPS) is 16.1. The Morgan fingerprint density at radius 3 is 2.47 bits per heavy atom. The summed E-state index contributed by atoms with van der Waals surface area (Å²) >= 11 is 0. The van der Waals surface area contributed by atoms with E-state index in [1.54, 1.807) is 0 Å². The van der Waals surface area contributed by atoms with E-state index in [4.69, 9.17) is 9.72 Å². The number of ether oxygens (including phenoxy) is 1. The Bertz CT molecular complexity index is 616. The van der Waals surface area contributed by atoms with E-state index in [0.29, 0.717) is 0 Å². The van der Waals surface area contributed by atoms with Crippen molar-refractivity contribution in [2.24, 2.45) is 0 Å². The monoisotopic (exact) mass is 256 g/mol. The van der Waals surface area contributed by atoms with Crippen molar-refractivity contribution in [3.63, 3.8) is 0 Å². The van der Waals surface area contributed by atoms with Gasteiger partial charge in [-0.2, -0.15) is 0 Å². The van der Waals surface area contributed by atoms with Crippen LogP contribution in [0.2, 0.25) is 0 Å². The van der Waals surface area contributed by atoms with Crippen molar-refractivity contribution in [1.82, 2.24) is 4.98 Å². The summed E-state index contributed by atoms with van der Waals surface area (Å²) in [6, 6.07) is 6.64. The molecule has 1 aromatic carbocycles. The molecule has 1 saturated heterocycles. The van der Waals surface area contributed by atoms with Crippen molar-refractivity contribution in [3.05, 3.63) is 34.9 Å². The van der Waals surface area contributed by atoms with Crippen molar-refractivity contribution < 1.29 is 4.74 Å². The maximum absolute atomic E-state index is 5.41. The van der Waals surface area contributed by atoms with E-state index < -0.39 is 0 Å². The van der Waals surface area contributed by atoms with Crippen LogP contribution in [0, 0.1) is 20.8 Å². The van der Waals surface area contributed by atoms with E-state index in [1.807, 2.05) is 0 Å². The molecule has 1 aliphatic rings. The topological polar surface area (TPSA) is 25.4 Å². The molecule has 3 nitrogen and oxygen atoms in total. The minimum atomic E-state index is 0.797. The number of hydrogen-bond donors (Lipinski definition) is 0. The third-order valence-corrected chi connectivity index (χ3v) is 3.78. The molecule has 0 saturated carbocycles. The first-order valence-electron chi connectivity index (χ1n) is 6.86. The third kappa shape index (κ3) is 2.30. The molecule has 0 unspecified atom stereocenters. The Morgan fingerprint density at radius 2 is 1.74 bits per heavy atom. The van der Waals surface area contributed by atoms with E-state index >= 15 is 0 Å². The van der Waals surface area contributed by atoms with Gasteiger partial charge in [0.1, 0.15) is 5.82 Å². The highest BCUT2D eigenvalue weighted by Crippen LogP contribution is 2.26. The van der Waals surface area contributed by atoms with Crippen LogP contribution in [-0.4, -0.2) is 31.3 Å². The number of aryl methyl sites for hydroxylation is 3. The highest BCUT2D eigenvalue weighted by atomic mass is 16.5. The van der Waals surface area contributed by atoms with Gasteiger partial charge in [-0.05, 0) is 44.0 Å². The van der Waals surface area contributed by atoms with Gasteiger partial charge in [-0.3, -0.25) is 0 Å². The van der Waals surface area contributed by atoms with Crippen molar-refractivity contribution in [3.8, 4) is 0 Å². The molecular weight excluding hydrogens is 236 g/mol. The van der Waals surface area contributed by atoms with Gasteiger partial charge < -0.3 is 9.64 Å². The Hall–Kier alpha value is -1.61. The Balaban J connectivity index is 2.13. The van der Waals surface area contributed by atoms with E-state index in [0.717, 1.165) is 37.6 Å². The maximum atomic E-state index is 5.41. The van der Waals surface area contributed by atoms with E-state index in [-0.39, 0.29) is 0 Å². The van der Waals surface area contributed by atoms with Gasteiger partial charge in [0.15, 0.2) is 0 Å². The van der Waals surface area contributed by atoms with Crippen LogP contribution in [-0.2, 0) is 4.74 Å². The summed E-state index contributed by atoms with van der Waals surface area (Å²) in [6.07, 6.45) is 0. The van der Waals surface area contributed by atoms with Gasteiger partial charge >= 0.3 is 0 Å². The summed E-state index contributed by atoms with van der Waals surface area (Å²) in [6.45, 7) is 9.92. The van der Waals surface area contributed by atoms with Gasteiger partial charge in [-0.25, -0.2) is 4.98 Å². The largest absolute Gasteiger partial charge is 0.378 e. The van der Waals surface area contributed by atoms with Gasteiger partial charge in [-0.1, -0.05) is 11.6 Å². The highest BCUT2D eigenvalue weighted by Gasteiger charge is 2.14. The second-order valence-electron chi connectivity index (χ2n) is 5.37. The predicted octanol–water partition coefficient (Wildman–Crippen LogP) is 3.00. The molecule has 19 heavy (non-hydrogen) atoms. The second-order valence-corrected chi connectivity index (χ2v) is 5.37. The molecule has 1 fully saturated rings. The number of pyridine rings is 1. The van der Waals surface area contributed by atoms with Crippen LogP contribution in [0.25, 0.3) is 10.9 Å². The minimum absolute atomic E-state index is 0.797. The molecule has 0 atom stereocenters. The average Bonchev–Trinajstić information content (AvgIpc) is 2.41. The minimum Gasteiger partial charge on any atom is -0.378 e. The Morgan fingerprint density at radius 1 is 1.00 bits per heavy atom. The summed E-state index contributed by atoms with van der Waals surface area (Å²) in [7, 11) is 0. The zero-order valence-corrected chi connectivity index (χ0v) is 11.9. The first kappa shape index (κ1) is 12.4. The van der Waals surface area contributed by atoms with E-state index in [2.05, 4.69) is 43.9 Å². The van der Waals surface area contributed by atoms with Crippen LogP contribution in [0.15, 0.2) is 18.2 Å². The lowest BCUT2D eigenvalue weighted by atomic mass is 10.0. The zero-order valence-electron chi connectivity index (χ0n) is 11.9. The highest BCUT2D eigenvalue weighted by molar-refractivity contribution is 5.87. The summed E-state index contributed by atoms with van der Waals surface area (Å²) in [5, 5.41) is 1.27. The number of aromatic nitrogens is 1. The van der Waals surface area contributed by atoms with Gasteiger partial charge in [0, 0.05) is 18.5 Å².